The molecule has 0 spiro atoms. The fourth-order valence-corrected chi connectivity index (χ4v) is 1.61. The SMILES string of the molecule is CSC1=CC=C(Cl)[C@@H](O)[C@H]1O. The summed E-state index contributed by atoms with van der Waals surface area (Å²) in [6, 6.07) is 0. The number of hydrogen-bond acceptors (Lipinski definition) is 3. The Bertz CT molecular complexity index is 212. The van der Waals surface area contributed by atoms with Gasteiger partial charge in [0, 0.05) is 9.94 Å². The maximum absolute atomic E-state index is 9.34. The van der Waals surface area contributed by atoms with E-state index in [1.54, 1.807) is 12.2 Å². The zero-order chi connectivity index (χ0) is 8.43. The van der Waals surface area contributed by atoms with Crippen LogP contribution in [-0.4, -0.2) is 28.7 Å². The smallest absolute Gasteiger partial charge is 0.120 e. The van der Waals surface area contributed by atoms with Crippen LogP contribution in [0.25, 0.3) is 0 Å². The van der Waals surface area contributed by atoms with Crippen molar-refractivity contribution in [2.24, 2.45) is 0 Å². The van der Waals surface area contributed by atoms with Crippen LogP contribution in [0, 0.1) is 0 Å². The second kappa shape index (κ2) is 3.63. The van der Waals surface area contributed by atoms with Crippen LogP contribution in [-0.2, 0) is 0 Å². The predicted molar refractivity (Wildman–Crippen MR) is 47.5 cm³/mol. The first-order valence-corrected chi connectivity index (χ1v) is 4.74. The van der Waals surface area contributed by atoms with Gasteiger partial charge in [0.25, 0.3) is 0 Å². The highest BCUT2D eigenvalue weighted by atomic mass is 35.5. The molecule has 0 aliphatic heterocycles. The first-order valence-electron chi connectivity index (χ1n) is 3.14. The summed E-state index contributed by atoms with van der Waals surface area (Å²) in [5, 5.41) is 18.9. The molecule has 0 bridgehead atoms. The number of thioether (sulfide) groups is 1. The lowest BCUT2D eigenvalue weighted by Crippen LogP contribution is -2.29. The molecule has 0 radical (unpaired) electrons. The van der Waals surface area contributed by atoms with Crippen molar-refractivity contribution in [2.75, 3.05) is 6.26 Å². The third kappa shape index (κ3) is 1.79. The van der Waals surface area contributed by atoms with Gasteiger partial charge in [-0.2, -0.15) is 0 Å². The Morgan fingerprint density at radius 1 is 1.36 bits per heavy atom. The van der Waals surface area contributed by atoms with Gasteiger partial charge in [0.2, 0.25) is 0 Å². The van der Waals surface area contributed by atoms with E-state index in [4.69, 9.17) is 11.6 Å². The van der Waals surface area contributed by atoms with E-state index in [-0.39, 0.29) is 5.03 Å². The van der Waals surface area contributed by atoms with Crippen molar-refractivity contribution < 1.29 is 10.2 Å². The Balaban J connectivity index is 2.84. The molecule has 11 heavy (non-hydrogen) atoms. The van der Waals surface area contributed by atoms with Crippen molar-refractivity contribution in [3.63, 3.8) is 0 Å². The van der Waals surface area contributed by atoms with Gasteiger partial charge >= 0.3 is 0 Å². The fraction of sp³-hybridized carbons (Fsp3) is 0.429. The summed E-state index contributed by atoms with van der Waals surface area (Å²) in [6.07, 6.45) is 3.34. The molecule has 0 aromatic rings. The van der Waals surface area contributed by atoms with Crippen molar-refractivity contribution in [1.29, 1.82) is 0 Å². The number of aliphatic hydroxyl groups excluding tert-OH is 2. The number of hydrogen-bond donors (Lipinski definition) is 2. The van der Waals surface area contributed by atoms with Crippen LogP contribution in [0.4, 0.5) is 0 Å². The molecule has 1 aliphatic rings. The molecule has 2 atom stereocenters. The third-order valence-corrected chi connectivity index (χ3v) is 2.71. The van der Waals surface area contributed by atoms with E-state index in [1.807, 2.05) is 6.26 Å². The molecule has 2 nitrogen and oxygen atoms in total. The van der Waals surface area contributed by atoms with Gasteiger partial charge in [-0.05, 0) is 18.4 Å². The van der Waals surface area contributed by atoms with Gasteiger partial charge in [0.15, 0.2) is 0 Å². The van der Waals surface area contributed by atoms with E-state index in [1.165, 1.54) is 11.8 Å². The molecule has 2 N–H and O–H groups in total. The summed E-state index contributed by atoms with van der Waals surface area (Å²) in [7, 11) is 0. The summed E-state index contributed by atoms with van der Waals surface area (Å²) in [5.41, 5.74) is 0. The largest absolute Gasteiger partial charge is 0.385 e. The second-order valence-electron chi connectivity index (χ2n) is 2.21. The minimum atomic E-state index is -0.955. The van der Waals surface area contributed by atoms with Gasteiger partial charge < -0.3 is 10.2 Å². The van der Waals surface area contributed by atoms with Crippen molar-refractivity contribution >= 4 is 23.4 Å². The molecule has 4 heteroatoms. The molecule has 62 valence electrons. The lowest BCUT2D eigenvalue weighted by atomic mass is 10.1. The molecule has 1 rings (SSSR count). The number of allylic oxidation sites excluding steroid dienone is 2. The van der Waals surface area contributed by atoms with Crippen LogP contribution in [0.5, 0.6) is 0 Å². The molecule has 0 aromatic carbocycles. The highest BCUT2D eigenvalue weighted by Gasteiger charge is 2.25. The Morgan fingerprint density at radius 2 is 2.00 bits per heavy atom. The van der Waals surface area contributed by atoms with Crippen LogP contribution in [0.2, 0.25) is 0 Å². The van der Waals surface area contributed by atoms with E-state index in [2.05, 4.69) is 0 Å². The monoisotopic (exact) mass is 192 g/mol. The molecule has 0 heterocycles. The summed E-state index contributed by atoms with van der Waals surface area (Å²) >= 11 is 6.99. The van der Waals surface area contributed by atoms with Crippen LogP contribution < -0.4 is 0 Å². The number of aliphatic hydroxyl groups is 2. The second-order valence-corrected chi connectivity index (χ2v) is 3.53. The Morgan fingerprint density at radius 3 is 2.55 bits per heavy atom. The fourth-order valence-electron chi connectivity index (χ4n) is 0.854. The van der Waals surface area contributed by atoms with Gasteiger partial charge in [-0.15, -0.1) is 11.8 Å². The molecule has 0 saturated heterocycles. The van der Waals surface area contributed by atoms with E-state index in [0.717, 1.165) is 4.91 Å². The molecule has 0 aromatic heterocycles. The van der Waals surface area contributed by atoms with Gasteiger partial charge in [0.1, 0.15) is 12.2 Å². The molecule has 0 fully saturated rings. The van der Waals surface area contributed by atoms with Crippen LogP contribution >= 0.6 is 23.4 Å². The summed E-state index contributed by atoms with van der Waals surface area (Å²) < 4.78 is 0. The minimum Gasteiger partial charge on any atom is -0.385 e. The van der Waals surface area contributed by atoms with E-state index in [9.17, 15) is 10.2 Å². The molecule has 0 saturated carbocycles. The zero-order valence-corrected chi connectivity index (χ0v) is 7.56. The first kappa shape index (κ1) is 9.13. The normalized spacial score (nSPS) is 31.3. The summed E-state index contributed by atoms with van der Waals surface area (Å²) in [6.45, 7) is 0. The molecular formula is C7H9ClO2S. The third-order valence-electron chi connectivity index (χ3n) is 1.52. The van der Waals surface area contributed by atoms with Crippen LogP contribution in [0.1, 0.15) is 0 Å². The maximum Gasteiger partial charge on any atom is 0.120 e. The number of halogens is 1. The Kier molecular flexibility index (Phi) is 3.01. The minimum absolute atomic E-state index is 0.287. The summed E-state index contributed by atoms with van der Waals surface area (Å²) in [5.74, 6) is 0. The van der Waals surface area contributed by atoms with E-state index in [0.29, 0.717) is 0 Å². The topological polar surface area (TPSA) is 40.5 Å². The number of rotatable bonds is 1. The predicted octanol–water partition coefficient (Wildman–Crippen LogP) is 1.09. The molecular weight excluding hydrogens is 184 g/mol. The Labute approximate surface area is 74.6 Å². The van der Waals surface area contributed by atoms with Gasteiger partial charge in [-0.1, -0.05) is 11.6 Å². The first-order chi connectivity index (χ1) is 5.16. The van der Waals surface area contributed by atoms with Crippen molar-refractivity contribution in [2.45, 2.75) is 12.2 Å². The Hall–Kier alpha value is 0.0400. The molecule has 0 amide bonds. The quantitative estimate of drug-likeness (QED) is 0.654. The molecule has 1 aliphatic carbocycles. The van der Waals surface area contributed by atoms with Gasteiger partial charge in [0.05, 0.1) is 0 Å². The van der Waals surface area contributed by atoms with Crippen molar-refractivity contribution in [3.05, 3.63) is 22.1 Å². The van der Waals surface area contributed by atoms with E-state index >= 15 is 0 Å². The van der Waals surface area contributed by atoms with Crippen LogP contribution in [0.15, 0.2) is 22.1 Å². The van der Waals surface area contributed by atoms with Crippen molar-refractivity contribution in [1.82, 2.24) is 0 Å². The maximum atomic E-state index is 9.34. The zero-order valence-electron chi connectivity index (χ0n) is 5.99. The van der Waals surface area contributed by atoms with Crippen LogP contribution in [0.3, 0.4) is 0 Å². The van der Waals surface area contributed by atoms with Crippen molar-refractivity contribution in [3.8, 4) is 0 Å². The highest BCUT2D eigenvalue weighted by Crippen LogP contribution is 2.27. The average molecular weight is 193 g/mol. The molecule has 0 unspecified atom stereocenters. The van der Waals surface area contributed by atoms with Gasteiger partial charge in [-0.3, -0.25) is 0 Å². The highest BCUT2D eigenvalue weighted by molar-refractivity contribution is 8.02. The summed E-state index contributed by atoms with van der Waals surface area (Å²) in [4.78, 5) is 0.738. The lowest BCUT2D eigenvalue weighted by molar-refractivity contribution is 0.0740. The van der Waals surface area contributed by atoms with E-state index < -0.39 is 12.2 Å². The van der Waals surface area contributed by atoms with Gasteiger partial charge in [-0.25, -0.2) is 0 Å². The standard InChI is InChI=1S/C7H9ClO2S/c1-11-5-3-2-4(8)6(9)7(5)10/h2-3,6-7,9-10H,1H3/t6-,7+/m1/s1. The lowest BCUT2D eigenvalue weighted by Gasteiger charge is -2.21. The average Bonchev–Trinajstić information content (AvgIpc) is 2.01.